The van der Waals surface area contributed by atoms with Crippen molar-refractivity contribution in [3.63, 3.8) is 0 Å². The first-order valence-electron chi connectivity index (χ1n) is 12.1. The number of fused-ring (bicyclic) bond motifs is 1. The molecule has 29 heavy (non-hydrogen) atoms. The van der Waals surface area contributed by atoms with Gasteiger partial charge < -0.3 is 15.3 Å². The smallest absolute Gasteiger partial charge is 0.303 e. The van der Waals surface area contributed by atoms with Crippen molar-refractivity contribution in [2.75, 3.05) is 0 Å². The quantitative estimate of drug-likeness (QED) is 0.486. The Morgan fingerprint density at radius 2 is 1.90 bits per heavy atom. The van der Waals surface area contributed by atoms with Crippen molar-refractivity contribution in [2.24, 2.45) is 35.0 Å². The molecule has 4 heteroatoms. The van der Waals surface area contributed by atoms with E-state index < -0.39 is 5.97 Å². The third kappa shape index (κ3) is 4.44. The van der Waals surface area contributed by atoms with E-state index in [1.807, 2.05) is 0 Å². The van der Waals surface area contributed by atoms with Gasteiger partial charge in [0, 0.05) is 6.42 Å². The molecule has 6 atom stereocenters. The summed E-state index contributed by atoms with van der Waals surface area (Å²) < 4.78 is 0. The molecule has 0 aromatic carbocycles. The molecule has 0 aromatic rings. The van der Waals surface area contributed by atoms with E-state index in [9.17, 15) is 15.0 Å². The minimum absolute atomic E-state index is 0.109. The Kier molecular flexibility index (Phi) is 7.48. The highest BCUT2D eigenvalue weighted by molar-refractivity contribution is 5.66. The summed E-state index contributed by atoms with van der Waals surface area (Å²) in [5, 5.41) is 30.7. The molecule has 0 amide bonds. The highest BCUT2D eigenvalue weighted by Crippen LogP contribution is 2.68. The summed E-state index contributed by atoms with van der Waals surface area (Å²) >= 11 is 0. The van der Waals surface area contributed by atoms with Crippen molar-refractivity contribution in [1.29, 1.82) is 0 Å². The van der Waals surface area contributed by atoms with Crippen LogP contribution in [0.15, 0.2) is 11.6 Å². The standard InChI is InChI=1S/C25H42O4/c1-16(2)25-15-14-22(27)19(12-13-21(26)18-8-5-4-6-9-18)24(25)17(3)20(25)10-7-11-23(28)29/h10,16-19,21-22,24,26-27H,4-9,11-15H2,1-3H3,(H,28,29)/t17?,19-,21?,22+,24+,25-/m1/s1. The predicted octanol–water partition coefficient (Wildman–Crippen LogP) is 5.18. The molecule has 0 bridgehead atoms. The second-order valence-electron chi connectivity index (χ2n) is 10.4. The van der Waals surface area contributed by atoms with Crippen molar-refractivity contribution < 1.29 is 20.1 Å². The van der Waals surface area contributed by atoms with Crippen LogP contribution in [0.5, 0.6) is 0 Å². The highest BCUT2D eigenvalue weighted by Gasteiger charge is 2.62. The van der Waals surface area contributed by atoms with E-state index >= 15 is 0 Å². The number of carboxylic acid groups (broad SMARTS) is 1. The van der Waals surface area contributed by atoms with E-state index in [1.54, 1.807) is 0 Å². The van der Waals surface area contributed by atoms with Crippen LogP contribution in [0.1, 0.15) is 91.4 Å². The van der Waals surface area contributed by atoms with E-state index in [0.29, 0.717) is 30.1 Å². The molecule has 4 nitrogen and oxygen atoms in total. The summed E-state index contributed by atoms with van der Waals surface area (Å²) in [4.78, 5) is 11.0. The predicted molar refractivity (Wildman–Crippen MR) is 115 cm³/mol. The lowest BCUT2D eigenvalue weighted by molar-refractivity contribution is -0.137. The number of hydrogen-bond acceptors (Lipinski definition) is 3. The molecule has 0 saturated heterocycles. The molecule has 3 rings (SSSR count). The lowest BCUT2D eigenvalue weighted by atomic mass is 9.39. The van der Waals surface area contributed by atoms with E-state index in [0.717, 1.165) is 38.5 Å². The van der Waals surface area contributed by atoms with Gasteiger partial charge in [0.05, 0.1) is 12.2 Å². The Labute approximate surface area is 176 Å². The van der Waals surface area contributed by atoms with Gasteiger partial charge in [0.15, 0.2) is 0 Å². The lowest BCUT2D eigenvalue weighted by Gasteiger charge is -2.66. The Bertz CT molecular complexity index is 592. The molecule has 3 aliphatic carbocycles. The van der Waals surface area contributed by atoms with Crippen LogP contribution in [0.3, 0.4) is 0 Å². The first-order chi connectivity index (χ1) is 13.8. The third-order valence-electron chi connectivity index (χ3n) is 8.71. The van der Waals surface area contributed by atoms with Gasteiger partial charge in [-0.1, -0.05) is 51.7 Å². The van der Waals surface area contributed by atoms with Gasteiger partial charge in [-0.25, -0.2) is 0 Å². The Hall–Kier alpha value is -0.870. The molecule has 166 valence electrons. The third-order valence-corrected chi connectivity index (χ3v) is 8.71. The molecular weight excluding hydrogens is 364 g/mol. The van der Waals surface area contributed by atoms with Crippen LogP contribution in [0, 0.1) is 35.0 Å². The van der Waals surface area contributed by atoms with Crippen molar-refractivity contribution in [2.45, 2.75) is 104 Å². The second-order valence-corrected chi connectivity index (χ2v) is 10.4. The zero-order valence-electron chi connectivity index (χ0n) is 18.6. The molecule has 3 saturated carbocycles. The van der Waals surface area contributed by atoms with Crippen LogP contribution in [0.25, 0.3) is 0 Å². The van der Waals surface area contributed by atoms with Crippen molar-refractivity contribution >= 4 is 5.97 Å². The van der Waals surface area contributed by atoms with Gasteiger partial charge in [-0.15, -0.1) is 0 Å². The molecule has 0 radical (unpaired) electrons. The Morgan fingerprint density at radius 3 is 2.52 bits per heavy atom. The Morgan fingerprint density at radius 1 is 1.21 bits per heavy atom. The minimum Gasteiger partial charge on any atom is -0.481 e. The highest BCUT2D eigenvalue weighted by atomic mass is 16.4. The molecule has 3 aliphatic rings. The number of aliphatic carboxylic acids is 1. The molecule has 0 heterocycles. The zero-order chi connectivity index (χ0) is 21.2. The van der Waals surface area contributed by atoms with Crippen molar-refractivity contribution in [1.82, 2.24) is 0 Å². The van der Waals surface area contributed by atoms with Gasteiger partial charge >= 0.3 is 5.97 Å². The van der Waals surface area contributed by atoms with Gasteiger partial charge in [0.1, 0.15) is 0 Å². The van der Waals surface area contributed by atoms with E-state index in [4.69, 9.17) is 5.11 Å². The largest absolute Gasteiger partial charge is 0.481 e. The molecule has 0 aromatic heterocycles. The normalized spacial score (nSPS) is 37.9. The summed E-state index contributed by atoms with van der Waals surface area (Å²) in [5.41, 5.74) is 1.54. The van der Waals surface area contributed by atoms with Crippen molar-refractivity contribution in [3.05, 3.63) is 11.6 Å². The van der Waals surface area contributed by atoms with E-state index in [2.05, 4.69) is 26.8 Å². The van der Waals surface area contributed by atoms with Crippen LogP contribution < -0.4 is 0 Å². The minimum atomic E-state index is -0.738. The van der Waals surface area contributed by atoms with Crippen LogP contribution in [-0.4, -0.2) is 33.5 Å². The summed E-state index contributed by atoms with van der Waals surface area (Å²) in [5.74, 6) is 1.29. The number of aliphatic hydroxyl groups excluding tert-OH is 2. The van der Waals surface area contributed by atoms with Crippen LogP contribution >= 0.6 is 0 Å². The first-order valence-corrected chi connectivity index (χ1v) is 12.1. The maximum atomic E-state index is 11.0. The average molecular weight is 407 g/mol. The maximum Gasteiger partial charge on any atom is 0.303 e. The molecule has 3 fully saturated rings. The molecular formula is C25H42O4. The monoisotopic (exact) mass is 406 g/mol. The fourth-order valence-electron chi connectivity index (χ4n) is 7.29. The molecule has 3 N–H and O–H groups in total. The van der Waals surface area contributed by atoms with Crippen LogP contribution in [0.2, 0.25) is 0 Å². The lowest BCUT2D eigenvalue weighted by Crippen LogP contribution is -2.60. The molecule has 2 unspecified atom stereocenters. The van der Waals surface area contributed by atoms with Gasteiger partial charge in [-0.3, -0.25) is 4.79 Å². The van der Waals surface area contributed by atoms with Gasteiger partial charge in [0.25, 0.3) is 0 Å². The number of carboxylic acids is 1. The summed E-state index contributed by atoms with van der Waals surface area (Å²) in [7, 11) is 0. The molecule has 0 spiro atoms. The van der Waals surface area contributed by atoms with Gasteiger partial charge in [-0.05, 0) is 80.0 Å². The zero-order valence-corrected chi connectivity index (χ0v) is 18.6. The topological polar surface area (TPSA) is 77.8 Å². The first kappa shape index (κ1) is 22.8. The summed E-state index contributed by atoms with van der Waals surface area (Å²) in [6.07, 6.45) is 12.1. The van der Waals surface area contributed by atoms with Gasteiger partial charge in [-0.2, -0.15) is 0 Å². The summed E-state index contributed by atoms with van der Waals surface area (Å²) in [6.45, 7) is 6.84. The second kappa shape index (κ2) is 9.51. The van der Waals surface area contributed by atoms with E-state index in [-0.39, 0.29) is 30.0 Å². The number of hydrogen-bond donors (Lipinski definition) is 3. The number of allylic oxidation sites excluding steroid dienone is 2. The molecule has 0 aliphatic heterocycles. The fraction of sp³-hybridized carbons (Fsp3) is 0.880. The van der Waals surface area contributed by atoms with Crippen molar-refractivity contribution in [3.8, 4) is 0 Å². The SMILES string of the molecule is CC1C(=CCCC(=O)O)[C@]2(C(C)C)CC[C@H](O)[C@@H](CCC(O)C3CCCCC3)[C@H]12. The average Bonchev–Trinajstić information content (AvgIpc) is 2.70. The van der Waals surface area contributed by atoms with Crippen LogP contribution in [-0.2, 0) is 4.79 Å². The van der Waals surface area contributed by atoms with Gasteiger partial charge in [0.2, 0.25) is 0 Å². The van der Waals surface area contributed by atoms with Crippen LogP contribution in [0.4, 0.5) is 0 Å². The van der Waals surface area contributed by atoms with E-state index in [1.165, 1.54) is 24.8 Å². The fourth-order valence-corrected chi connectivity index (χ4v) is 7.29. The number of aliphatic hydroxyl groups is 2. The number of rotatable bonds is 8. The number of carbonyl (C=O) groups is 1. The summed E-state index contributed by atoms with van der Waals surface area (Å²) in [6, 6.07) is 0. The Balaban J connectivity index is 1.71. The maximum absolute atomic E-state index is 11.0.